The van der Waals surface area contributed by atoms with Crippen molar-refractivity contribution in [1.29, 1.82) is 0 Å². The van der Waals surface area contributed by atoms with Crippen LogP contribution in [0.5, 0.6) is 0 Å². The van der Waals surface area contributed by atoms with Crippen molar-refractivity contribution < 1.29 is 9.18 Å². The van der Waals surface area contributed by atoms with Crippen molar-refractivity contribution in [3.05, 3.63) is 35.6 Å². The smallest absolute Gasteiger partial charge is 0.236 e. The van der Waals surface area contributed by atoms with E-state index in [9.17, 15) is 9.18 Å². The molecular weight excluding hydrogens is 329 g/mol. The van der Waals surface area contributed by atoms with Gasteiger partial charge in [0, 0.05) is 13.6 Å². The van der Waals surface area contributed by atoms with Crippen LogP contribution in [0.15, 0.2) is 24.3 Å². The molecule has 1 N–H and O–H groups in total. The molecule has 136 valence electrons. The van der Waals surface area contributed by atoms with Crippen molar-refractivity contribution in [2.75, 3.05) is 40.3 Å². The number of carbonyl (C=O) groups excluding carboxylic acids is 1. The second-order valence-electron chi connectivity index (χ2n) is 6.49. The summed E-state index contributed by atoms with van der Waals surface area (Å²) in [5, 5.41) is 3.20. The molecule has 4 nitrogen and oxygen atoms in total. The SMILES string of the molecule is CNCCC1CCN(CC(=O)N(C)Cc2ccc(F)cc2)CC1.Cl. The Morgan fingerprint density at radius 3 is 2.50 bits per heavy atom. The fourth-order valence-electron chi connectivity index (χ4n) is 3.05. The Bertz CT molecular complexity index is 490. The van der Waals surface area contributed by atoms with Crippen molar-refractivity contribution >= 4 is 18.3 Å². The molecule has 0 aliphatic carbocycles. The van der Waals surface area contributed by atoms with E-state index in [0.29, 0.717) is 13.1 Å². The fraction of sp³-hybridized carbons (Fsp3) is 0.611. The number of benzene rings is 1. The maximum absolute atomic E-state index is 12.9. The highest BCUT2D eigenvalue weighted by atomic mass is 35.5. The summed E-state index contributed by atoms with van der Waals surface area (Å²) in [4.78, 5) is 16.3. The summed E-state index contributed by atoms with van der Waals surface area (Å²) in [5.41, 5.74) is 0.952. The van der Waals surface area contributed by atoms with E-state index in [1.807, 2.05) is 14.1 Å². The minimum atomic E-state index is -0.246. The molecule has 0 radical (unpaired) electrons. The number of nitrogens with one attached hydrogen (secondary N) is 1. The largest absolute Gasteiger partial charge is 0.340 e. The van der Waals surface area contributed by atoms with Crippen LogP contribution in [0.2, 0.25) is 0 Å². The molecule has 1 aromatic rings. The summed E-state index contributed by atoms with van der Waals surface area (Å²) in [5.74, 6) is 0.664. The van der Waals surface area contributed by atoms with E-state index in [-0.39, 0.29) is 24.1 Å². The summed E-state index contributed by atoms with van der Waals surface area (Å²) in [6.45, 7) is 4.09. The van der Waals surface area contributed by atoms with Gasteiger partial charge >= 0.3 is 0 Å². The highest BCUT2D eigenvalue weighted by Gasteiger charge is 2.21. The first-order valence-electron chi connectivity index (χ1n) is 8.44. The van der Waals surface area contributed by atoms with Crippen molar-refractivity contribution in [1.82, 2.24) is 15.1 Å². The third-order valence-corrected chi connectivity index (χ3v) is 4.63. The molecule has 0 atom stereocenters. The molecule has 1 aliphatic rings. The lowest BCUT2D eigenvalue weighted by atomic mass is 9.93. The van der Waals surface area contributed by atoms with E-state index in [4.69, 9.17) is 0 Å². The molecule has 2 rings (SSSR count). The quantitative estimate of drug-likeness (QED) is 0.814. The molecule has 0 unspecified atom stereocenters. The van der Waals surface area contributed by atoms with Gasteiger partial charge in [0.05, 0.1) is 6.54 Å². The lowest BCUT2D eigenvalue weighted by Gasteiger charge is -2.32. The van der Waals surface area contributed by atoms with Crippen LogP contribution >= 0.6 is 12.4 Å². The lowest BCUT2D eigenvalue weighted by Crippen LogP contribution is -2.42. The Morgan fingerprint density at radius 2 is 1.92 bits per heavy atom. The number of hydrogen-bond acceptors (Lipinski definition) is 3. The fourth-order valence-corrected chi connectivity index (χ4v) is 3.05. The van der Waals surface area contributed by atoms with Gasteiger partial charge in [-0.1, -0.05) is 12.1 Å². The monoisotopic (exact) mass is 357 g/mol. The number of piperidine rings is 1. The maximum atomic E-state index is 12.9. The molecule has 1 aliphatic heterocycles. The lowest BCUT2D eigenvalue weighted by molar-refractivity contribution is -0.132. The molecular formula is C18H29ClFN3O. The molecule has 0 saturated carbocycles. The average molecular weight is 358 g/mol. The van der Waals surface area contributed by atoms with E-state index in [1.54, 1.807) is 17.0 Å². The molecule has 6 heteroatoms. The molecule has 0 bridgehead atoms. The van der Waals surface area contributed by atoms with Crippen LogP contribution in [0, 0.1) is 11.7 Å². The van der Waals surface area contributed by atoms with Gasteiger partial charge in [-0.2, -0.15) is 0 Å². The number of hydrogen-bond donors (Lipinski definition) is 1. The van der Waals surface area contributed by atoms with Crippen LogP contribution in [0.1, 0.15) is 24.8 Å². The van der Waals surface area contributed by atoms with Crippen LogP contribution in [0.4, 0.5) is 4.39 Å². The molecule has 0 spiro atoms. The molecule has 1 fully saturated rings. The Hall–Kier alpha value is -1.17. The van der Waals surface area contributed by atoms with Gasteiger partial charge in [0.15, 0.2) is 0 Å². The van der Waals surface area contributed by atoms with Gasteiger partial charge in [0.1, 0.15) is 5.82 Å². The number of halogens is 2. The van der Waals surface area contributed by atoms with E-state index < -0.39 is 0 Å². The van der Waals surface area contributed by atoms with Gasteiger partial charge in [-0.3, -0.25) is 9.69 Å². The van der Waals surface area contributed by atoms with Gasteiger partial charge in [-0.15, -0.1) is 12.4 Å². The molecule has 24 heavy (non-hydrogen) atoms. The third kappa shape index (κ3) is 6.75. The summed E-state index contributed by atoms with van der Waals surface area (Å²) in [7, 11) is 3.80. The van der Waals surface area contributed by atoms with Gasteiger partial charge in [-0.25, -0.2) is 4.39 Å². The normalized spacial score (nSPS) is 15.8. The Kier molecular flexibility index (Phi) is 9.26. The maximum Gasteiger partial charge on any atom is 0.236 e. The summed E-state index contributed by atoms with van der Waals surface area (Å²) in [6.07, 6.45) is 3.58. The third-order valence-electron chi connectivity index (χ3n) is 4.63. The van der Waals surface area contributed by atoms with Crippen molar-refractivity contribution in [3.63, 3.8) is 0 Å². The van der Waals surface area contributed by atoms with E-state index in [2.05, 4.69) is 10.2 Å². The van der Waals surface area contributed by atoms with Crippen LogP contribution in [-0.2, 0) is 11.3 Å². The second-order valence-corrected chi connectivity index (χ2v) is 6.49. The predicted octanol–water partition coefficient (Wildman–Crippen LogP) is 2.53. The first-order valence-corrected chi connectivity index (χ1v) is 8.44. The Labute approximate surface area is 150 Å². The van der Waals surface area contributed by atoms with Crippen LogP contribution < -0.4 is 5.32 Å². The minimum absolute atomic E-state index is 0. The number of nitrogens with zero attached hydrogens (tertiary/aromatic N) is 2. The number of likely N-dealkylation sites (N-methyl/N-ethyl adjacent to an activating group) is 1. The van der Waals surface area contributed by atoms with E-state index in [1.165, 1.54) is 31.4 Å². The number of rotatable bonds is 7. The summed E-state index contributed by atoms with van der Waals surface area (Å²) in [6, 6.07) is 6.33. The van der Waals surface area contributed by atoms with E-state index in [0.717, 1.165) is 31.1 Å². The summed E-state index contributed by atoms with van der Waals surface area (Å²) < 4.78 is 12.9. The molecule has 1 heterocycles. The van der Waals surface area contributed by atoms with Gasteiger partial charge < -0.3 is 10.2 Å². The van der Waals surface area contributed by atoms with Crippen LogP contribution in [0.25, 0.3) is 0 Å². The molecule has 1 saturated heterocycles. The highest BCUT2D eigenvalue weighted by Crippen LogP contribution is 2.20. The predicted molar refractivity (Wildman–Crippen MR) is 97.8 cm³/mol. The Balaban J connectivity index is 0.00000288. The molecule has 1 amide bonds. The van der Waals surface area contributed by atoms with Crippen molar-refractivity contribution in [2.45, 2.75) is 25.8 Å². The number of amides is 1. The van der Waals surface area contributed by atoms with Gasteiger partial charge in [0.2, 0.25) is 5.91 Å². The minimum Gasteiger partial charge on any atom is -0.340 e. The zero-order chi connectivity index (χ0) is 16.7. The standard InChI is InChI=1S/C18H28FN3O.ClH/c1-20-10-7-15-8-11-22(12-9-15)14-18(23)21(2)13-16-3-5-17(19)6-4-16;/h3-6,15,20H,7-14H2,1-2H3;1H. The van der Waals surface area contributed by atoms with Crippen LogP contribution in [0.3, 0.4) is 0 Å². The van der Waals surface area contributed by atoms with Crippen molar-refractivity contribution in [2.24, 2.45) is 5.92 Å². The van der Waals surface area contributed by atoms with Gasteiger partial charge in [-0.05, 0) is 69.6 Å². The second kappa shape index (κ2) is 10.6. The molecule has 1 aromatic carbocycles. The van der Waals surface area contributed by atoms with Gasteiger partial charge in [0.25, 0.3) is 0 Å². The average Bonchev–Trinajstić information content (AvgIpc) is 2.56. The Morgan fingerprint density at radius 1 is 1.29 bits per heavy atom. The number of likely N-dealkylation sites (tertiary alicyclic amines) is 1. The topological polar surface area (TPSA) is 35.6 Å². The zero-order valence-corrected chi connectivity index (χ0v) is 15.4. The molecule has 0 aromatic heterocycles. The first kappa shape index (κ1) is 20.9. The van der Waals surface area contributed by atoms with Crippen LogP contribution in [-0.4, -0.2) is 56.0 Å². The zero-order valence-electron chi connectivity index (χ0n) is 14.6. The number of carbonyl (C=O) groups is 1. The first-order chi connectivity index (χ1) is 11.1. The van der Waals surface area contributed by atoms with Crippen molar-refractivity contribution in [3.8, 4) is 0 Å². The summed E-state index contributed by atoms with van der Waals surface area (Å²) >= 11 is 0. The highest BCUT2D eigenvalue weighted by molar-refractivity contribution is 5.85. The van der Waals surface area contributed by atoms with E-state index >= 15 is 0 Å².